The monoisotopic (exact) mass is 273 g/mol. The fourth-order valence-electron chi connectivity index (χ4n) is 1.94. The van der Waals surface area contributed by atoms with Gasteiger partial charge in [-0.15, -0.1) is 0 Å². The molecule has 20 heavy (non-hydrogen) atoms. The first-order valence-electron chi connectivity index (χ1n) is 6.38. The molecule has 2 aromatic rings. The maximum Gasteiger partial charge on any atom is 0.254 e. The van der Waals surface area contributed by atoms with Gasteiger partial charge in [-0.2, -0.15) is 4.98 Å². The summed E-state index contributed by atoms with van der Waals surface area (Å²) in [7, 11) is 1.54. The van der Waals surface area contributed by atoms with E-state index in [0.717, 1.165) is 12.8 Å². The molecule has 3 rings (SSSR count). The SMILES string of the molecule is COc1ccc(N)cc1Oc1cc(=O)[nH]c(C2CC2)n1. The van der Waals surface area contributed by atoms with Crippen LogP contribution in [-0.4, -0.2) is 17.1 Å². The third-order valence-electron chi connectivity index (χ3n) is 3.10. The molecule has 1 saturated carbocycles. The minimum absolute atomic E-state index is 0.222. The lowest BCUT2D eigenvalue weighted by Gasteiger charge is -2.10. The van der Waals surface area contributed by atoms with Crippen molar-refractivity contribution in [1.29, 1.82) is 0 Å². The predicted octanol–water partition coefficient (Wildman–Crippen LogP) is 2.03. The van der Waals surface area contributed by atoms with Gasteiger partial charge in [0, 0.05) is 17.7 Å². The fraction of sp³-hybridized carbons (Fsp3) is 0.286. The summed E-state index contributed by atoms with van der Waals surface area (Å²) >= 11 is 0. The lowest BCUT2D eigenvalue weighted by atomic mass is 10.3. The van der Waals surface area contributed by atoms with Crippen molar-refractivity contribution in [2.24, 2.45) is 0 Å². The van der Waals surface area contributed by atoms with Crippen LogP contribution in [0.2, 0.25) is 0 Å². The number of methoxy groups -OCH3 is 1. The van der Waals surface area contributed by atoms with Crippen LogP contribution in [0.4, 0.5) is 5.69 Å². The van der Waals surface area contributed by atoms with Crippen LogP contribution in [-0.2, 0) is 0 Å². The number of nitrogens with zero attached hydrogens (tertiary/aromatic N) is 1. The molecule has 0 spiro atoms. The predicted molar refractivity (Wildman–Crippen MR) is 74.3 cm³/mol. The van der Waals surface area contributed by atoms with Crippen LogP contribution < -0.4 is 20.8 Å². The number of hydrogen-bond donors (Lipinski definition) is 2. The number of rotatable bonds is 4. The number of benzene rings is 1. The molecule has 0 saturated heterocycles. The van der Waals surface area contributed by atoms with Crippen LogP contribution in [0.1, 0.15) is 24.6 Å². The number of anilines is 1. The summed E-state index contributed by atoms with van der Waals surface area (Å²) in [5.41, 5.74) is 6.06. The highest BCUT2D eigenvalue weighted by molar-refractivity contribution is 5.52. The van der Waals surface area contributed by atoms with Gasteiger partial charge in [0.1, 0.15) is 5.82 Å². The summed E-state index contributed by atoms with van der Waals surface area (Å²) in [6, 6.07) is 6.37. The number of nitrogens with two attached hydrogens (primary N) is 1. The molecule has 0 bridgehead atoms. The zero-order valence-electron chi connectivity index (χ0n) is 11.1. The smallest absolute Gasteiger partial charge is 0.254 e. The van der Waals surface area contributed by atoms with E-state index in [1.165, 1.54) is 6.07 Å². The maximum absolute atomic E-state index is 11.6. The number of H-pyrrole nitrogens is 1. The van der Waals surface area contributed by atoms with Crippen LogP contribution in [0.25, 0.3) is 0 Å². The van der Waals surface area contributed by atoms with Crippen LogP contribution >= 0.6 is 0 Å². The summed E-state index contributed by atoms with van der Waals surface area (Å²) in [6.45, 7) is 0. The Hall–Kier alpha value is -2.50. The van der Waals surface area contributed by atoms with Crippen molar-refractivity contribution in [3.8, 4) is 17.4 Å². The van der Waals surface area contributed by atoms with Gasteiger partial charge >= 0.3 is 0 Å². The summed E-state index contributed by atoms with van der Waals surface area (Å²) in [5, 5.41) is 0. The van der Waals surface area contributed by atoms with Gasteiger partial charge in [-0.05, 0) is 25.0 Å². The molecule has 1 fully saturated rings. The van der Waals surface area contributed by atoms with E-state index in [1.807, 2.05) is 0 Å². The first-order valence-corrected chi connectivity index (χ1v) is 6.38. The molecular weight excluding hydrogens is 258 g/mol. The molecule has 1 aromatic heterocycles. The Kier molecular flexibility index (Phi) is 3.06. The quantitative estimate of drug-likeness (QED) is 0.832. The van der Waals surface area contributed by atoms with Crippen LogP contribution in [0, 0.1) is 0 Å². The van der Waals surface area contributed by atoms with Gasteiger partial charge in [-0.25, -0.2) is 0 Å². The highest BCUT2D eigenvalue weighted by atomic mass is 16.5. The van der Waals surface area contributed by atoms with Crippen LogP contribution in [0.15, 0.2) is 29.1 Å². The second-order valence-electron chi connectivity index (χ2n) is 4.76. The Bertz CT molecular complexity index is 692. The third kappa shape index (κ3) is 2.59. The van der Waals surface area contributed by atoms with Crippen LogP contribution in [0.5, 0.6) is 17.4 Å². The molecule has 0 amide bonds. The summed E-state index contributed by atoms with van der Waals surface area (Å²) in [4.78, 5) is 18.7. The molecule has 0 radical (unpaired) electrons. The zero-order valence-corrected chi connectivity index (χ0v) is 11.1. The first kappa shape index (κ1) is 12.5. The van der Waals surface area contributed by atoms with E-state index in [0.29, 0.717) is 28.9 Å². The van der Waals surface area contributed by atoms with Gasteiger partial charge in [0.15, 0.2) is 11.5 Å². The highest BCUT2D eigenvalue weighted by Gasteiger charge is 2.26. The molecule has 1 aromatic carbocycles. The van der Waals surface area contributed by atoms with E-state index >= 15 is 0 Å². The second-order valence-corrected chi connectivity index (χ2v) is 4.76. The van der Waals surface area contributed by atoms with E-state index < -0.39 is 0 Å². The van der Waals surface area contributed by atoms with E-state index in [-0.39, 0.29) is 11.4 Å². The Balaban J connectivity index is 1.94. The minimum atomic E-state index is -0.222. The van der Waals surface area contributed by atoms with Gasteiger partial charge in [-0.1, -0.05) is 0 Å². The van der Waals surface area contributed by atoms with Crippen molar-refractivity contribution in [1.82, 2.24) is 9.97 Å². The van der Waals surface area contributed by atoms with Gasteiger partial charge in [0.05, 0.1) is 13.2 Å². The van der Waals surface area contributed by atoms with E-state index in [2.05, 4.69) is 9.97 Å². The number of ether oxygens (including phenoxy) is 2. The normalized spacial score (nSPS) is 14.1. The van der Waals surface area contributed by atoms with E-state index in [1.54, 1.807) is 25.3 Å². The molecule has 1 aliphatic rings. The molecule has 1 aliphatic carbocycles. The molecule has 104 valence electrons. The van der Waals surface area contributed by atoms with E-state index in [9.17, 15) is 4.79 Å². The third-order valence-corrected chi connectivity index (χ3v) is 3.10. The average Bonchev–Trinajstić information content (AvgIpc) is 3.22. The lowest BCUT2D eigenvalue weighted by molar-refractivity contribution is 0.373. The van der Waals surface area contributed by atoms with E-state index in [4.69, 9.17) is 15.2 Å². The number of nitrogen functional groups attached to an aromatic ring is 1. The Morgan fingerprint density at radius 2 is 2.10 bits per heavy atom. The molecular formula is C14H15N3O3. The lowest BCUT2D eigenvalue weighted by Crippen LogP contribution is -2.10. The van der Waals surface area contributed by atoms with Crippen LogP contribution in [0.3, 0.4) is 0 Å². The minimum Gasteiger partial charge on any atom is -0.493 e. The fourth-order valence-corrected chi connectivity index (χ4v) is 1.94. The largest absolute Gasteiger partial charge is 0.493 e. The summed E-state index contributed by atoms with van der Waals surface area (Å²) in [6.07, 6.45) is 2.10. The summed E-state index contributed by atoms with van der Waals surface area (Å²) < 4.78 is 10.8. The Labute approximate surface area is 115 Å². The van der Waals surface area contributed by atoms with Crippen molar-refractivity contribution in [2.45, 2.75) is 18.8 Å². The van der Waals surface area contributed by atoms with Gasteiger partial charge in [0.2, 0.25) is 5.88 Å². The van der Waals surface area contributed by atoms with Crippen molar-refractivity contribution < 1.29 is 9.47 Å². The average molecular weight is 273 g/mol. The molecule has 0 atom stereocenters. The zero-order chi connectivity index (χ0) is 14.1. The second kappa shape index (κ2) is 4.88. The van der Waals surface area contributed by atoms with Crippen molar-refractivity contribution >= 4 is 5.69 Å². The van der Waals surface area contributed by atoms with Crippen molar-refractivity contribution in [3.05, 3.63) is 40.4 Å². The van der Waals surface area contributed by atoms with Gasteiger partial charge < -0.3 is 20.2 Å². The molecule has 1 heterocycles. The number of aromatic nitrogens is 2. The Morgan fingerprint density at radius 3 is 2.80 bits per heavy atom. The van der Waals surface area contributed by atoms with Gasteiger partial charge in [0.25, 0.3) is 5.56 Å². The Morgan fingerprint density at radius 1 is 1.30 bits per heavy atom. The number of nitrogens with one attached hydrogen (secondary N) is 1. The molecule has 0 aliphatic heterocycles. The van der Waals surface area contributed by atoms with Crippen molar-refractivity contribution in [3.63, 3.8) is 0 Å². The molecule has 6 nitrogen and oxygen atoms in total. The molecule has 0 unspecified atom stereocenters. The topological polar surface area (TPSA) is 90.2 Å². The van der Waals surface area contributed by atoms with Crippen molar-refractivity contribution in [2.75, 3.05) is 12.8 Å². The summed E-state index contributed by atoms with van der Waals surface area (Å²) in [5.74, 6) is 2.24. The number of hydrogen-bond acceptors (Lipinski definition) is 5. The van der Waals surface area contributed by atoms with Gasteiger partial charge in [-0.3, -0.25) is 4.79 Å². The number of aromatic amines is 1. The maximum atomic E-state index is 11.6. The molecule has 6 heteroatoms. The molecule has 3 N–H and O–H groups in total. The first-order chi connectivity index (χ1) is 9.65. The standard InChI is InChI=1S/C14H15N3O3/c1-19-10-5-4-9(15)6-11(10)20-13-7-12(18)16-14(17-13)8-2-3-8/h4-8H,2-3,15H2,1H3,(H,16,17,18). The highest BCUT2D eigenvalue weighted by Crippen LogP contribution is 2.38.